The highest BCUT2D eigenvalue weighted by Gasteiger charge is 2.00. The molecule has 0 aliphatic carbocycles. The van der Waals surface area contributed by atoms with E-state index in [2.05, 4.69) is 25.2 Å². The quantitative estimate of drug-likeness (QED) is 0.668. The van der Waals surface area contributed by atoms with Crippen molar-refractivity contribution >= 4 is 5.69 Å². The van der Waals surface area contributed by atoms with Crippen molar-refractivity contribution in [3.63, 3.8) is 0 Å². The van der Waals surface area contributed by atoms with Crippen LogP contribution in [0.3, 0.4) is 0 Å². The molecular weight excluding hydrogens is 198 g/mol. The van der Waals surface area contributed by atoms with Gasteiger partial charge in [-0.1, -0.05) is 38.8 Å². The maximum atomic E-state index is 5.75. The van der Waals surface area contributed by atoms with Crippen molar-refractivity contribution < 1.29 is 4.74 Å². The van der Waals surface area contributed by atoms with Gasteiger partial charge in [0.1, 0.15) is 5.75 Å². The number of rotatable bonds is 8. The summed E-state index contributed by atoms with van der Waals surface area (Å²) in [5, 5.41) is 3.42. The van der Waals surface area contributed by atoms with Gasteiger partial charge in [0.05, 0.1) is 12.3 Å². The van der Waals surface area contributed by atoms with Crippen molar-refractivity contribution in [2.24, 2.45) is 0 Å². The maximum Gasteiger partial charge on any atom is 0.142 e. The van der Waals surface area contributed by atoms with E-state index in [-0.39, 0.29) is 0 Å². The van der Waals surface area contributed by atoms with Crippen molar-refractivity contribution in [3.8, 4) is 5.75 Å². The fourth-order valence-corrected chi connectivity index (χ4v) is 1.46. The zero-order chi connectivity index (χ0) is 11.6. The average molecular weight is 221 g/mol. The first kappa shape index (κ1) is 12.9. The van der Waals surface area contributed by atoms with Crippen molar-refractivity contribution in [3.05, 3.63) is 24.3 Å². The largest absolute Gasteiger partial charge is 0.491 e. The van der Waals surface area contributed by atoms with Crippen LogP contribution < -0.4 is 10.1 Å². The summed E-state index contributed by atoms with van der Waals surface area (Å²) >= 11 is 0. The lowest BCUT2D eigenvalue weighted by molar-refractivity contribution is 0.310. The Hall–Kier alpha value is -1.18. The van der Waals surface area contributed by atoms with Crippen LogP contribution >= 0.6 is 0 Å². The van der Waals surface area contributed by atoms with Crippen molar-refractivity contribution in [1.29, 1.82) is 0 Å². The van der Waals surface area contributed by atoms with Gasteiger partial charge in [0.2, 0.25) is 0 Å². The molecule has 0 bridgehead atoms. The number of benzene rings is 1. The van der Waals surface area contributed by atoms with E-state index in [0.717, 1.165) is 31.0 Å². The van der Waals surface area contributed by atoms with Gasteiger partial charge in [0.15, 0.2) is 0 Å². The molecule has 0 spiro atoms. The third-order valence-corrected chi connectivity index (χ3v) is 2.49. The van der Waals surface area contributed by atoms with Crippen molar-refractivity contribution in [2.45, 2.75) is 39.5 Å². The van der Waals surface area contributed by atoms with Crippen LogP contribution in [0.4, 0.5) is 5.69 Å². The number of unbranched alkanes of at least 4 members (excludes halogenated alkanes) is 2. The topological polar surface area (TPSA) is 21.3 Å². The van der Waals surface area contributed by atoms with Crippen LogP contribution in [0.5, 0.6) is 5.75 Å². The van der Waals surface area contributed by atoms with Crippen LogP contribution in [0.1, 0.15) is 39.5 Å². The molecule has 0 radical (unpaired) electrons. The Balaban J connectivity index is 2.46. The molecule has 1 N–H and O–H groups in total. The molecule has 90 valence electrons. The minimum Gasteiger partial charge on any atom is -0.491 e. The number of hydrogen-bond donors (Lipinski definition) is 1. The molecule has 0 heterocycles. The minimum absolute atomic E-state index is 0.809. The minimum atomic E-state index is 0.809. The second-order valence-corrected chi connectivity index (χ2v) is 3.98. The Labute approximate surface area is 99.0 Å². The third-order valence-electron chi connectivity index (χ3n) is 2.49. The van der Waals surface area contributed by atoms with Crippen LogP contribution in [-0.2, 0) is 0 Å². The van der Waals surface area contributed by atoms with Gasteiger partial charge in [0.25, 0.3) is 0 Å². The van der Waals surface area contributed by atoms with E-state index in [1.54, 1.807) is 0 Å². The molecular formula is C14H23NO. The van der Waals surface area contributed by atoms with Crippen LogP contribution in [0.25, 0.3) is 0 Å². The normalized spacial score (nSPS) is 10.1. The fourth-order valence-electron chi connectivity index (χ4n) is 1.46. The van der Waals surface area contributed by atoms with Crippen LogP contribution in [0.2, 0.25) is 0 Å². The lowest BCUT2D eigenvalue weighted by Gasteiger charge is -2.12. The van der Waals surface area contributed by atoms with Crippen molar-refractivity contribution in [1.82, 2.24) is 0 Å². The van der Waals surface area contributed by atoms with Gasteiger partial charge in [-0.2, -0.15) is 0 Å². The number of anilines is 1. The second-order valence-electron chi connectivity index (χ2n) is 3.98. The van der Waals surface area contributed by atoms with Crippen LogP contribution in [0.15, 0.2) is 24.3 Å². The first-order valence-electron chi connectivity index (χ1n) is 6.34. The van der Waals surface area contributed by atoms with E-state index in [4.69, 9.17) is 4.74 Å². The first-order chi connectivity index (χ1) is 7.88. The summed E-state index contributed by atoms with van der Waals surface area (Å²) in [4.78, 5) is 0. The van der Waals surface area contributed by atoms with E-state index < -0.39 is 0 Å². The van der Waals surface area contributed by atoms with Crippen LogP contribution in [0, 0.1) is 0 Å². The molecule has 0 aliphatic heterocycles. The molecule has 1 aromatic rings. The Kier molecular flexibility index (Phi) is 6.47. The van der Waals surface area contributed by atoms with Gasteiger partial charge in [-0.25, -0.2) is 0 Å². The Morgan fingerprint density at radius 3 is 2.56 bits per heavy atom. The van der Waals surface area contributed by atoms with Gasteiger partial charge < -0.3 is 10.1 Å². The molecule has 0 fully saturated rings. The summed E-state index contributed by atoms with van der Waals surface area (Å²) in [5.41, 5.74) is 1.12. The summed E-state index contributed by atoms with van der Waals surface area (Å²) < 4.78 is 5.75. The Bertz CT molecular complexity index is 257. The molecule has 0 unspecified atom stereocenters. The summed E-state index contributed by atoms with van der Waals surface area (Å²) in [6.07, 6.45) is 4.70. The van der Waals surface area contributed by atoms with Gasteiger partial charge in [-0.3, -0.25) is 0 Å². The molecule has 0 aromatic heterocycles. The summed E-state index contributed by atoms with van der Waals surface area (Å²) in [5.74, 6) is 0.979. The highest BCUT2D eigenvalue weighted by atomic mass is 16.5. The molecule has 1 aromatic carbocycles. The van der Waals surface area contributed by atoms with E-state index in [1.165, 1.54) is 19.3 Å². The predicted octanol–water partition coefficient (Wildman–Crippen LogP) is 4.08. The first-order valence-corrected chi connectivity index (χ1v) is 6.34. The van der Waals surface area contributed by atoms with Gasteiger partial charge in [0, 0.05) is 6.54 Å². The highest BCUT2D eigenvalue weighted by molar-refractivity contribution is 5.56. The number of hydrogen-bond acceptors (Lipinski definition) is 2. The maximum absolute atomic E-state index is 5.75. The monoisotopic (exact) mass is 221 g/mol. The molecule has 2 nitrogen and oxygen atoms in total. The molecule has 1 rings (SSSR count). The highest BCUT2D eigenvalue weighted by Crippen LogP contribution is 2.23. The average Bonchev–Trinajstić information content (AvgIpc) is 2.32. The number of para-hydroxylation sites is 2. The standard InChI is InChI=1S/C14H23NO/c1-3-5-11-15-13-9-7-8-10-14(13)16-12-6-4-2/h7-10,15H,3-6,11-12H2,1-2H3. The molecule has 0 saturated carbocycles. The second kappa shape index (κ2) is 8.03. The zero-order valence-corrected chi connectivity index (χ0v) is 10.5. The lowest BCUT2D eigenvalue weighted by atomic mass is 10.2. The Morgan fingerprint density at radius 1 is 1.06 bits per heavy atom. The molecule has 16 heavy (non-hydrogen) atoms. The van der Waals surface area contributed by atoms with Gasteiger partial charge in [-0.15, -0.1) is 0 Å². The molecule has 0 aliphatic rings. The van der Waals surface area contributed by atoms with Gasteiger partial charge >= 0.3 is 0 Å². The number of nitrogens with one attached hydrogen (secondary N) is 1. The summed E-state index contributed by atoms with van der Waals surface area (Å²) in [7, 11) is 0. The molecule has 0 amide bonds. The van der Waals surface area contributed by atoms with Crippen LogP contribution in [-0.4, -0.2) is 13.2 Å². The van der Waals surface area contributed by atoms with E-state index in [0.29, 0.717) is 0 Å². The zero-order valence-electron chi connectivity index (χ0n) is 10.5. The summed E-state index contributed by atoms with van der Waals surface area (Å²) in [6.45, 7) is 6.20. The lowest BCUT2D eigenvalue weighted by Crippen LogP contribution is -2.04. The number of ether oxygens (including phenoxy) is 1. The predicted molar refractivity (Wildman–Crippen MR) is 70.2 cm³/mol. The smallest absolute Gasteiger partial charge is 0.142 e. The van der Waals surface area contributed by atoms with E-state index >= 15 is 0 Å². The molecule has 0 atom stereocenters. The Morgan fingerprint density at radius 2 is 1.81 bits per heavy atom. The fraction of sp³-hybridized carbons (Fsp3) is 0.571. The van der Waals surface area contributed by atoms with Crippen molar-refractivity contribution in [2.75, 3.05) is 18.5 Å². The molecule has 0 saturated heterocycles. The van der Waals surface area contributed by atoms with E-state index in [9.17, 15) is 0 Å². The molecule has 2 heteroatoms. The van der Waals surface area contributed by atoms with Gasteiger partial charge in [-0.05, 0) is 25.0 Å². The summed E-state index contributed by atoms with van der Waals surface area (Å²) in [6, 6.07) is 8.17. The van der Waals surface area contributed by atoms with E-state index in [1.807, 2.05) is 18.2 Å². The SMILES string of the molecule is CCCCNc1ccccc1OCCCC. The third kappa shape index (κ3) is 4.56.